The van der Waals surface area contributed by atoms with Crippen molar-refractivity contribution in [3.63, 3.8) is 0 Å². The molecule has 0 aliphatic carbocycles. The van der Waals surface area contributed by atoms with Crippen LogP contribution in [-0.2, 0) is 12.7 Å². The Hall–Kier alpha value is -4.22. The summed E-state index contributed by atoms with van der Waals surface area (Å²) in [4.78, 5) is 13.7. The fourth-order valence-electron chi connectivity index (χ4n) is 3.80. The van der Waals surface area contributed by atoms with Crippen molar-refractivity contribution in [1.82, 2.24) is 19.5 Å². The molecule has 196 valence electrons. The number of methoxy groups -OCH3 is 3. The summed E-state index contributed by atoms with van der Waals surface area (Å²) >= 11 is 0. The third-order valence-electron chi connectivity index (χ3n) is 5.61. The molecule has 0 amide bonds. The van der Waals surface area contributed by atoms with E-state index in [2.05, 4.69) is 25.6 Å². The minimum absolute atomic E-state index is 0.0604. The molecule has 4 rings (SSSR count). The number of anilines is 3. The van der Waals surface area contributed by atoms with Crippen LogP contribution < -0.4 is 24.8 Å². The number of alkyl halides is 3. The van der Waals surface area contributed by atoms with E-state index < -0.39 is 11.7 Å². The van der Waals surface area contributed by atoms with Gasteiger partial charge in [-0.3, -0.25) is 0 Å². The quantitative estimate of drug-likeness (QED) is 0.288. The highest BCUT2D eigenvalue weighted by atomic mass is 19.4. The lowest BCUT2D eigenvalue weighted by molar-refractivity contribution is -0.137. The molecule has 9 nitrogen and oxygen atoms in total. The summed E-state index contributed by atoms with van der Waals surface area (Å²) in [5, 5.41) is 6.27. The number of hydrogen-bond acceptors (Lipinski definition) is 8. The van der Waals surface area contributed by atoms with Crippen LogP contribution in [0.5, 0.6) is 17.2 Å². The van der Waals surface area contributed by atoms with Gasteiger partial charge in [0.1, 0.15) is 0 Å². The summed E-state index contributed by atoms with van der Waals surface area (Å²) in [5.74, 6) is 1.95. The number of halogens is 3. The molecule has 0 aliphatic rings. The van der Waals surface area contributed by atoms with Crippen molar-refractivity contribution in [2.24, 2.45) is 0 Å². The third kappa shape index (κ3) is 5.47. The zero-order valence-corrected chi connectivity index (χ0v) is 21.0. The van der Waals surface area contributed by atoms with Gasteiger partial charge in [0.2, 0.25) is 11.7 Å². The van der Waals surface area contributed by atoms with Crippen molar-refractivity contribution in [2.75, 3.05) is 32.0 Å². The maximum atomic E-state index is 13.1. The number of imidazole rings is 1. The van der Waals surface area contributed by atoms with Crippen LogP contribution in [-0.4, -0.2) is 40.8 Å². The van der Waals surface area contributed by atoms with Crippen LogP contribution >= 0.6 is 0 Å². The van der Waals surface area contributed by atoms with Gasteiger partial charge >= 0.3 is 6.18 Å². The summed E-state index contributed by atoms with van der Waals surface area (Å²) < 4.78 is 57.5. The number of nitrogens with one attached hydrogen (secondary N) is 2. The molecule has 0 fully saturated rings. The van der Waals surface area contributed by atoms with Crippen LogP contribution in [0.1, 0.15) is 31.0 Å². The van der Waals surface area contributed by atoms with Crippen LogP contribution in [0.3, 0.4) is 0 Å². The van der Waals surface area contributed by atoms with Gasteiger partial charge in [-0.25, -0.2) is 4.98 Å². The standard InChI is InChI=1S/C25H27F3N6O3/c1-14(2)34-13-30-20-22(29-12-15-7-6-8-16(9-15)25(26,27)28)32-24(33-23(20)34)31-17-10-18(35-3)21(37-5)19(11-17)36-4/h6-11,13-14H,12H2,1-5H3,(H2,29,31,32,33). The zero-order chi connectivity index (χ0) is 26.7. The van der Waals surface area contributed by atoms with E-state index in [-0.39, 0.29) is 18.5 Å². The Kier molecular flexibility index (Phi) is 7.28. The highest BCUT2D eigenvalue weighted by Crippen LogP contribution is 2.40. The highest BCUT2D eigenvalue weighted by Gasteiger charge is 2.30. The van der Waals surface area contributed by atoms with Crippen LogP contribution in [0.25, 0.3) is 11.2 Å². The lowest BCUT2D eigenvalue weighted by Gasteiger charge is -2.15. The fourth-order valence-corrected chi connectivity index (χ4v) is 3.80. The Morgan fingerprint density at radius 1 is 0.973 bits per heavy atom. The molecule has 0 radical (unpaired) electrons. The molecule has 2 aromatic carbocycles. The van der Waals surface area contributed by atoms with Gasteiger partial charge in [0.25, 0.3) is 0 Å². The number of hydrogen-bond donors (Lipinski definition) is 2. The molecule has 0 spiro atoms. The Morgan fingerprint density at radius 3 is 2.27 bits per heavy atom. The fraction of sp³-hybridized carbons (Fsp3) is 0.320. The Bertz CT molecular complexity index is 1380. The second-order valence-electron chi connectivity index (χ2n) is 8.40. The van der Waals surface area contributed by atoms with E-state index >= 15 is 0 Å². The van der Waals surface area contributed by atoms with Crippen molar-refractivity contribution in [3.8, 4) is 17.2 Å². The molecule has 0 unspecified atom stereocenters. The predicted octanol–water partition coefficient (Wildman–Crippen LogP) is 5.81. The Labute approximate surface area is 211 Å². The first kappa shape index (κ1) is 25.9. The SMILES string of the molecule is COc1cc(Nc2nc(NCc3cccc(C(F)(F)F)c3)c3ncn(C(C)C)c3n2)cc(OC)c1OC. The van der Waals surface area contributed by atoms with E-state index in [4.69, 9.17) is 14.2 Å². The number of ether oxygens (including phenoxy) is 3. The second kappa shape index (κ2) is 10.4. The number of rotatable bonds is 9. The molecule has 0 saturated heterocycles. The summed E-state index contributed by atoms with van der Waals surface area (Å²) in [6.45, 7) is 4.09. The van der Waals surface area contributed by atoms with Gasteiger partial charge in [-0.15, -0.1) is 0 Å². The lowest BCUT2D eigenvalue weighted by atomic mass is 10.1. The van der Waals surface area contributed by atoms with Gasteiger partial charge in [0.05, 0.1) is 33.2 Å². The normalized spacial score (nSPS) is 11.6. The van der Waals surface area contributed by atoms with Gasteiger partial charge in [0, 0.05) is 30.4 Å². The maximum absolute atomic E-state index is 13.1. The van der Waals surface area contributed by atoms with E-state index in [0.29, 0.717) is 45.5 Å². The van der Waals surface area contributed by atoms with Gasteiger partial charge in [0.15, 0.2) is 28.5 Å². The van der Waals surface area contributed by atoms with Crippen molar-refractivity contribution < 1.29 is 27.4 Å². The predicted molar refractivity (Wildman–Crippen MR) is 134 cm³/mol. The largest absolute Gasteiger partial charge is 0.493 e. The number of benzene rings is 2. The first-order valence-corrected chi connectivity index (χ1v) is 11.4. The minimum Gasteiger partial charge on any atom is -0.493 e. The van der Waals surface area contributed by atoms with E-state index in [1.807, 2.05) is 18.4 Å². The number of fused-ring (bicyclic) bond motifs is 1. The molecule has 2 aromatic heterocycles. The van der Waals surface area contributed by atoms with E-state index in [0.717, 1.165) is 12.1 Å². The van der Waals surface area contributed by atoms with Gasteiger partial charge in [-0.05, 0) is 31.5 Å². The molecule has 0 atom stereocenters. The summed E-state index contributed by atoms with van der Waals surface area (Å²) in [7, 11) is 4.54. The average Bonchev–Trinajstić information content (AvgIpc) is 3.30. The lowest BCUT2D eigenvalue weighted by Crippen LogP contribution is -2.09. The van der Waals surface area contributed by atoms with E-state index in [1.54, 1.807) is 24.5 Å². The van der Waals surface area contributed by atoms with Crippen LogP contribution in [0.4, 0.5) is 30.6 Å². The smallest absolute Gasteiger partial charge is 0.416 e. The summed E-state index contributed by atoms with van der Waals surface area (Å²) in [5.41, 5.74) is 1.37. The topological polar surface area (TPSA) is 95.4 Å². The minimum atomic E-state index is -4.42. The maximum Gasteiger partial charge on any atom is 0.416 e. The molecule has 0 bridgehead atoms. The molecule has 2 N–H and O–H groups in total. The Morgan fingerprint density at radius 2 is 1.68 bits per heavy atom. The first-order valence-electron chi connectivity index (χ1n) is 11.4. The van der Waals surface area contributed by atoms with Crippen LogP contribution in [0.15, 0.2) is 42.7 Å². The van der Waals surface area contributed by atoms with Crippen molar-refractivity contribution in [2.45, 2.75) is 32.6 Å². The highest BCUT2D eigenvalue weighted by molar-refractivity contribution is 5.85. The molecule has 37 heavy (non-hydrogen) atoms. The molecular formula is C25H27F3N6O3. The molecular weight excluding hydrogens is 489 g/mol. The van der Waals surface area contributed by atoms with Crippen molar-refractivity contribution in [3.05, 3.63) is 53.9 Å². The Balaban J connectivity index is 1.71. The molecule has 0 aliphatic heterocycles. The van der Waals surface area contributed by atoms with Crippen molar-refractivity contribution in [1.29, 1.82) is 0 Å². The number of nitrogens with zero attached hydrogens (tertiary/aromatic N) is 4. The van der Waals surface area contributed by atoms with Crippen LogP contribution in [0.2, 0.25) is 0 Å². The zero-order valence-electron chi connectivity index (χ0n) is 21.0. The molecule has 0 saturated carbocycles. The number of aromatic nitrogens is 4. The van der Waals surface area contributed by atoms with Gasteiger partial charge < -0.3 is 29.4 Å². The van der Waals surface area contributed by atoms with E-state index in [1.165, 1.54) is 27.4 Å². The van der Waals surface area contributed by atoms with Crippen LogP contribution in [0, 0.1) is 0 Å². The van der Waals surface area contributed by atoms with E-state index in [9.17, 15) is 13.2 Å². The molecule has 4 aromatic rings. The summed E-state index contributed by atoms with van der Waals surface area (Å²) in [6, 6.07) is 8.62. The monoisotopic (exact) mass is 516 g/mol. The second-order valence-corrected chi connectivity index (χ2v) is 8.40. The molecule has 12 heteroatoms. The average molecular weight is 517 g/mol. The third-order valence-corrected chi connectivity index (χ3v) is 5.61. The summed E-state index contributed by atoms with van der Waals surface area (Å²) in [6.07, 6.45) is -2.77. The van der Waals surface area contributed by atoms with Gasteiger partial charge in [-0.1, -0.05) is 12.1 Å². The van der Waals surface area contributed by atoms with Gasteiger partial charge in [-0.2, -0.15) is 23.1 Å². The van der Waals surface area contributed by atoms with Crippen molar-refractivity contribution >= 4 is 28.6 Å². The first-order chi connectivity index (χ1) is 17.6. The molecule has 2 heterocycles.